The van der Waals surface area contributed by atoms with Gasteiger partial charge < -0.3 is 4.90 Å². The molecular formula is C17H23N4P. The fraction of sp³-hybridized carbons (Fsp3) is 0.471. The first kappa shape index (κ1) is 15.4. The number of rotatable bonds is 4. The van der Waals surface area contributed by atoms with E-state index in [1.165, 1.54) is 0 Å². The van der Waals surface area contributed by atoms with Crippen LogP contribution in [0.4, 0.5) is 5.82 Å². The molecule has 2 aromatic heterocycles. The van der Waals surface area contributed by atoms with Crippen LogP contribution in [0.3, 0.4) is 0 Å². The van der Waals surface area contributed by atoms with Crippen LogP contribution < -0.4 is 10.5 Å². The van der Waals surface area contributed by atoms with Crippen molar-refractivity contribution in [2.75, 3.05) is 11.4 Å². The van der Waals surface area contributed by atoms with E-state index < -0.39 is 0 Å². The van der Waals surface area contributed by atoms with Crippen molar-refractivity contribution in [3.05, 3.63) is 23.5 Å². The second-order valence-corrected chi connectivity index (χ2v) is 6.37. The molecule has 0 radical (unpaired) electrons. The molecule has 2 atom stereocenters. The molecule has 2 aromatic rings. The molecule has 5 heteroatoms. The summed E-state index contributed by atoms with van der Waals surface area (Å²) < 4.78 is 0. The number of aryl methyl sites for hydroxylation is 1. The van der Waals surface area contributed by atoms with Gasteiger partial charge >= 0.3 is 0 Å². The lowest BCUT2D eigenvalue weighted by atomic mass is 10.1. The highest BCUT2D eigenvalue weighted by Crippen LogP contribution is 2.32. The predicted octanol–water partition coefficient (Wildman–Crippen LogP) is 3.25. The molecule has 0 N–H and O–H groups in total. The van der Waals surface area contributed by atoms with Gasteiger partial charge in [-0.15, -0.1) is 0 Å². The summed E-state index contributed by atoms with van der Waals surface area (Å²) in [6.45, 7) is 7.46. The lowest BCUT2D eigenvalue weighted by Crippen LogP contribution is -2.35. The highest BCUT2D eigenvalue weighted by atomic mass is 31.0. The molecule has 0 aromatic carbocycles. The minimum atomic E-state index is 0.377. The molecule has 4 nitrogen and oxygen atoms in total. The fourth-order valence-electron chi connectivity index (χ4n) is 3.16. The number of pyridine rings is 1. The van der Waals surface area contributed by atoms with E-state index in [0.29, 0.717) is 6.04 Å². The Bertz CT molecular complexity index is 721. The van der Waals surface area contributed by atoms with Crippen LogP contribution in [0.5, 0.6) is 0 Å². The molecule has 0 aliphatic carbocycles. The fourth-order valence-corrected chi connectivity index (χ4v) is 3.42. The molecular weight excluding hydrogens is 291 g/mol. The third-order valence-electron chi connectivity index (χ3n) is 4.03. The lowest BCUT2D eigenvalue weighted by molar-refractivity contribution is 0.616. The van der Waals surface area contributed by atoms with Gasteiger partial charge in [0.05, 0.1) is 16.6 Å². The van der Waals surface area contributed by atoms with Gasteiger partial charge in [-0.1, -0.05) is 35.6 Å². The molecule has 0 saturated heterocycles. The van der Waals surface area contributed by atoms with Gasteiger partial charge in [0.15, 0.2) is 0 Å². The largest absolute Gasteiger partial charge is 0.349 e. The molecule has 22 heavy (non-hydrogen) atoms. The van der Waals surface area contributed by atoms with Crippen molar-refractivity contribution in [3.8, 4) is 0 Å². The number of hydrogen-bond acceptors (Lipinski definition) is 4. The molecule has 3 heterocycles. The second-order valence-electron chi connectivity index (χ2n) is 5.86. The van der Waals surface area contributed by atoms with E-state index in [2.05, 4.69) is 51.2 Å². The summed E-state index contributed by atoms with van der Waals surface area (Å²) in [7, 11) is 2.64. The van der Waals surface area contributed by atoms with E-state index >= 15 is 0 Å². The Balaban J connectivity index is 2.28. The zero-order valence-corrected chi connectivity index (χ0v) is 14.7. The molecule has 1 aliphatic rings. The summed E-state index contributed by atoms with van der Waals surface area (Å²) in [5, 5.41) is 1.08. The topological polar surface area (TPSA) is 41.9 Å². The average molecular weight is 314 g/mol. The first-order valence-corrected chi connectivity index (χ1v) is 8.61. The van der Waals surface area contributed by atoms with E-state index in [9.17, 15) is 0 Å². The molecule has 0 bridgehead atoms. The summed E-state index contributed by atoms with van der Waals surface area (Å²) in [4.78, 5) is 16.5. The Morgan fingerprint density at radius 1 is 1.18 bits per heavy atom. The van der Waals surface area contributed by atoms with Crippen molar-refractivity contribution in [3.63, 3.8) is 0 Å². The van der Waals surface area contributed by atoms with E-state index in [-0.39, 0.29) is 0 Å². The van der Waals surface area contributed by atoms with Crippen molar-refractivity contribution < 1.29 is 0 Å². The predicted molar refractivity (Wildman–Crippen MR) is 96.8 cm³/mol. The van der Waals surface area contributed by atoms with Crippen molar-refractivity contribution in [2.24, 2.45) is 0 Å². The summed E-state index contributed by atoms with van der Waals surface area (Å²) in [5.41, 5.74) is 3.73. The smallest absolute Gasteiger partial charge is 0.147 e. The zero-order valence-electron chi connectivity index (χ0n) is 13.5. The highest BCUT2D eigenvalue weighted by Gasteiger charge is 2.24. The van der Waals surface area contributed by atoms with Gasteiger partial charge in [-0.2, -0.15) is 0 Å². The zero-order chi connectivity index (χ0) is 15.7. The van der Waals surface area contributed by atoms with Crippen LogP contribution in [-0.4, -0.2) is 27.5 Å². The first-order chi connectivity index (χ1) is 10.6. The Hall–Kier alpha value is -1.54. The minimum Gasteiger partial charge on any atom is -0.349 e. The van der Waals surface area contributed by atoms with E-state index in [1.54, 1.807) is 0 Å². The third kappa shape index (κ3) is 2.72. The summed E-state index contributed by atoms with van der Waals surface area (Å²) in [6.07, 6.45) is 7.81. The van der Waals surface area contributed by atoms with Crippen molar-refractivity contribution in [2.45, 2.75) is 46.1 Å². The minimum absolute atomic E-state index is 0.377. The van der Waals surface area contributed by atoms with Crippen LogP contribution in [-0.2, 0) is 0 Å². The van der Waals surface area contributed by atoms with Crippen LogP contribution in [0.2, 0.25) is 0 Å². The van der Waals surface area contributed by atoms with Crippen LogP contribution in [0.25, 0.3) is 17.0 Å². The maximum atomic E-state index is 4.75. The lowest BCUT2D eigenvalue weighted by Gasteiger charge is -2.30. The van der Waals surface area contributed by atoms with Crippen LogP contribution >= 0.6 is 9.24 Å². The highest BCUT2D eigenvalue weighted by molar-refractivity contribution is 7.26. The maximum Gasteiger partial charge on any atom is 0.147 e. The molecule has 3 rings (SSSR count). The van der Waals surface area contributed by atoms with Crippen LogP contribution in [0.15, 0.2) is 12.1 Å². The molecule has 0 fully saturated rings. The molecule has 1 aliphatic heterocycles. The van der Waals surface area contributed by atoms with Gasteiger partial charge in [-0.05, 0) is 31.9 Å². The van der Waals surface area contributed by atoms with Gasteiger partial charge in [0, 0.05) is 18.3 Å². The molecule has 0 saturated carbocycles. The Kier molecular flexibility index (Phi) is 4.39. The normalized spacial score (nSPS) is 17.1. The summed E-state index contributed by atoms with van der Waals surface area (Å²) >= 11 is 0. The van der Waals surface area contributed by atoms with E-state index in [0.717, 1.165) is 59.5 Å². The van der Waals surface area contributed by atoms with Gasteiger partial charge in [0.1, 0.15) is 11.4 Å². The number of aromatic nitrogens is 3. The monoisotopic (exact) mass is 314 g/mol. The van der Waals surface area contributed by atoms with Gasteiger partial charge in [0.2, 0.25) is 0 Å². The number of nitrogens with zero attached hydrogens (tertiary/aromatic N) is 4. The van der Waals surface area contributed by atoms with E-state index in [1.807, 2.05) is 6.92 Å². The van der Waals surface area contributed by atoms with E-state index in [4.69, 9.17) is 9.97 Å². The second kappa shape index (κ2) is 6.29. The first-order valence-electron chi connectivity index (χ1n) is 8.03. The van der Waals surface area contributed by atoms with Crippen molar-refractivity contribution >= 4 is 37.6 Å². The SMILES string of the molecule is CCCC1C=Cc2nc(C)cc3nc(P)nc(c23)N1CCC. The van der Waals surface area contributed by atoms with Crippen molar-refractivity contribution in [1.29, 1.82) is 0 Å². The maximum absolute atomic E-state index is 4.75. The Morgan fingerprint density at radius 2 is 2.00 bits per heavy atom. The average Bonchev–Trinajstić information content (AvgIpc) is 2.60. The van der Waals surface area contributed by atoms with Crippen molar-refractivity contribution in [1.82, 2.24) is 15.0 Å². The quantitative estimate of drug-likeness (QED) is 0.813. The Labute approximate surface area is 134 Å². The molecule has 116 valence electrons. The van der Waals surface area contributed by atoms with Gasteiger partial charge in [0.25, 0.3) is 0 Å². The Morgan fingerprint density at radius 3 is 2.73 bits per heavy atom. The molecule has 0 amide bonds. The summed E-state index contributed by atoms with van der Waals surface area (Å²) in [5.74, 6) is 1.03. The standard InChI is InChI=1S/C17H23N4P/c1-4-6-12-7-8-13-15-14(10-11(3)18-13)19-17(22)20-16(15)21(12)9-5-2/h7-8,10,12H,4-6,9,22H2,1-3H3. The molecule has 2 unspecified atom stereocenters. The van der Waals surface area contributed by atoms with Gasteiger partial charge in [-0.25, -0.2) is 9.97 Å². The number of hydrogen-bond donors (Lipinski definition) is 0. The van der Waals surface area contributed by atoms with Gasteiger partial charge in [-0.3, -0.25) is 4.98 Å². The molecule has 0 spiro atoms. The summed E-state index contributed by atoms with van der Waals surface area (Å²) in [6, 6.07) is 2.43. The number of anilines is 1. The third-order valence-corrected chi connectivity index (χ3v) is 4.29. The van der Waals surface area contributed by atoms with Crippen LogP contribution in [0, 0.1) is 6.92 Å². The van der Waals surface area contributed by atoms with Crippen LogP contribution in [0.1, 0.15) is 44.5 Å².